The lowest BCUT2D eigenvalue weighted by molar-refractivity contribution is -0.116. The van der Waals surface area contributed by atoms with E-state index in [0.717, 1.165) is 11.1 Å². The maximum Gasteiger partial charge on any atom is 0.226 e. The van der Waals surface area contributed by atoms with E-state index in [0.29, 0.717) is 42.6 Å². The SMILES string of the molecule is CCOc1ccc(C2CC(=O)Nc3c2cnn3-c2ccc(F)cc2)cc1OCC. The van der Waals surface area contributed by atoms with Gasteiger partial charge in [0.1, 0.15) is 11.6 Å². The summed E-state index contributed by atoms with van der Waals surface area (Å²) in [5.74, 6) is 1.35. The van der Waals surface area contributed by atoms with Gasteiger partial charge in [0, 0.05) is 17.9 Å². The highest BCUT2D eigenvalue weighted by molar-refractivity contribution is 5.94. The Labute approximate surface area is 168 Å². The minimum Gasteiger partial charge on any atom is -0.490 e. The zero-order chi connectivity index (χ0) is 20.4. The molecule has 0 bridgehead atoms. The maximum atomic E-state index is 13.3. The van der Waals surface area contributed by atoms with Crippen molar-refractivity contribution in [3.05, 3.63) is 65.6 Å². The van der Waals surface area contributed by atoms with Crippen molar-refractivity contribution in [2.45, 2.75) is 26.2 Å². The summed E-state index contributed by atoms with van der Waals surface area (Å²) in [7, 11) is 0. The molecule has 1 unspecified atom stereocenters. The summed E-state index contributed by atoms with van der Waals surface area (Å²) in [6.07, 6.45) is 2.06. The van der Waals surface area contributed by atoms with Gasteiger partial charge >= 0.3 is 0 Å². The lowest BCUT2D eigenvalue weighted by Crippen LogP contribution is -2.24. The van der Waals surface area contributed by atoms with Gasteiger partial charge in [0.2, 0.25) is 5.91 Å². The molecular weight excluding hydrogens is 373 g/mol. The van der Waals surface area contributed by atoms with E-state index >= 15 is 0 Å². The summed E-state index contributed by atoms with van der Waals surface area (Å²) in [5, 5.41) is 7.34. The number of anilines is 1. The van der Waals surface area contributed by atoms with E-state index in [2.05, 4.69) is 10.4 Å². The van der Waals surface area contributed by atoms with Crippen LogP contribution in [0, 0.1) is 5.82 Å². The van der Waals surface area contributed by atoms with Crippen LogP contribution < -0.4 is 14.8 Å². The number of fused-ring (bicyclic) bond motifs is 1. The molecule has 1 amide bonds. The zero-order valence-corrected chi connectivity index (χ0v) is 16.3. The molecule has 0 spiro atoms. The van der Waals surface area contributed by atoms with Gasteiger partial charge in [0.25, 0.3) is 0 Å². The third-order valence-corrected chi connectivity index (χ3v) is 4.86. The average molecular weight is 395 g/mol. The summed E-state index contributed by atoms with van der Waals surface area (Å²) in [5.41, 5.74) is 2.53. The summed E-state index contributed by atoms with van der Waals surface area (Å²) < 4.78 is 26.3. The molecule has 0 aliphatic carbocycles. The number of carbonyl (C=O) groups is 1. The molecule has 1 aliphatic heterocycles. The molecule has 1 atom stereocenters. The number of hydrogen-bond acceptors (Lipinski definition) is 4. The monoisotopic (exact) mass is 395 g/mol. The number of nitrogens with zero attached hydrogens (tertiary/aromatic N) is 2. The molecule has 1 N–H and O–H groups in total. The van der Waals surface area contributed by atoms with E-state index < -0.39 is 0 Å². The largest absolute Gasteiger partial charge is 0.490 e. The third-order valence-electron chi connectivity index (χ3n) is 4.86. The fraction of sp³-hybridized carbons (Fsp3) is 0.273. The van der Waals surface area contributed by atoms with Crippen LogP contribution in [0.1, 0.15) is 37.3 Å². The highest BCUT2D eigenvalue weighted by Crippen LogP contribution is 2.40. The van der Waals surface area contributed by atoms with Gasteiger partial charge in [-0.25, -0.2) is 9.07 Å². The number of aromatic nitrogens is 2. The van der Waals surface area contributed by atoms with Crippen molar-refractivity contribution in [2.24, 2.45) is 0 Å². The fourth-order valence-corrected chi connectivity index (χ4v) is 3.58. The number of carbonyl (C=O) groups excluding carboxylic acids is 1. The number of ether oxygens (including phenoxy) is 2. The van der Waals surface area contributed by atoms with Crippen LogP contribution in [0.2, 0.25) is 0 Å². The van der Waals surface area contributed by atoms with Gasteiger partial charge in [-0.1, -0.05) is 6.07 Å². The summed E-state index contributed by atoms with van der Waals surface area (Å²) in [4.78, 5) is 12.5. The van der Waals surface area contributed by atoms with Crippen LogP contribution in [0.5, 0.6) is 11.5 Å². The fourth-order valence-electron chi connectivity index (χ4n) is 3.58. The van der Waals surface area contributed by atoms with Gasteiger partial charge in [-0.15, -0.1) is 0 Å². The molecule has 4 rings (SSSR count). The summed E-state index contributed by atoms with van der Waals surface area (Å²) in [6, 6.07) is 11.7. The van der Waals surface area contributed by atoms with Crippen LogP contribution >= 0.6 is 0 Å². The molecule has 1 aliphatic rings. The second kappa shape index (κ2) is 7.95. The quantitative estimate of drug-likeness (QED) is 0.677. The van der Waals surface area contributed by atoms with Crippen molar-refractivity contribution in [1.29, 1.82) is 0 Å². The average Bonchev–Trinajstić information content (AvgIpc) is 3.13. The maximum absolute atomic E-state index is 13.3. The van der Waals surface area contributed by atoms with Crippen LogP contribution in [0.4, 0.5) is 10.2 Å². The zero-order valence-electron chi connectivity index (χ0n) is 16.3. The summed E-state index contributed by atoms with van der Waals surface area (Å²) >= 11 is 0. The first-order valence-electron chi connectivity index (χ1n) is 9.64. The number of halogens is 1. The van der Waals surface area contributed by atoms with Crippen LogP contribution in [0.15, 0.2) is 48.7 Å². The lowest BCUT2D eigenvalue weighted by atomic mass is 9.87. The first-order valence-corrected chi connectivity index (χ1v) is 9.64. The van der Waals surface area contributed by atoms with Crippen molar-refractivity contribution in [1.82, 2.24) is 9.78 Å². The van der Waals surface area contributed by atoms with Gasteiger partial charge in [-0.05, 0) is 55.8 Å². The Balaban J connectivity index is 1.75. The van der Waals surface area contributed by atoms with E-state index in [1.807, 2.05) is 32.0 Å². The van der Waals surface area contributed by atoms with Crippen molar-refractivity contribution in [2.75, 3.05) is 18.5 Å². The molecule has 150 valence electrons. The molecule has 29 heavy (non-hydrogen) atoms. The van der Waals surface area contributed by atoms with Crippen molar-refractivity contribution in [3.63, 3.8) is 0 Å². The molecule has 7 heteroatoms. The number of nitrogens with one attached hydrogen (secondary N) is 1. The molecule has 0 saturated carbocycles. The first-order chi connectivity index (χ1) is 14.1. The highest BCUT2D eigenvalue weighted by atomic mass is 19.1. The molecular formula is C22H22FN3O3. The normalized spacial score (nSPS) is 15.6. The van der Waals surface area contributed by atoms with Gasteiger partial charge in [0.15, 0.2) is 11.5 Å². The van der Waals surface area contributed by atoms with Gasteiger partial charge in [-0.3, -0.25) is 4.79 Å². The molecule has 2 aromatic carbocycles. The number of rotatable bonds is 6. The predicted molar refractivity (Wildman–Crippen MR) is 107 cm³/mol. The van der Waals surface area contributed by atoms with Crippen LogP contribution in [0.3, 0.4) is 0 Å². The topological polar surface area (TPSA) is 65.4 Å². The van der Waals surface area contributed by atoms with Crippen LogP contribution in [-0.4, -0.2) is 28.9 Å². The number of amides is 1. The lowest BCUT2D eigenvalue weighted by Gasteiger charge is -2.24. The molecule has 1 aromatic heterocycles. The Morgan fingerprint density at radius 1 is 1.10 bits per heavy atom. The van der Waals surface area contributed by atoms with Crippen molar-refractivity contribution < 1.29 is 18.7 Å². The smallest absolute Gasteiger partial charge is 0.226 e. The van der Waals surface area contributed by atoms with Gasteiger partial charge < -0.3 is 14.8 Å². The second-order valence-corrected chi connectivity index (χ2v) is 6.71. The van der Waals surface area contributed by atoms with Gasteiger partial charge in [-0.2, -0.15) is 5.10 Å². The first kappa shape index (κ1) is 19.0. The summed E-state index contributed by atoms with van der Waals surface area (Å²) in [6.45, 7) is 4.90. The van der Waals surface area contributed by atoms with E-state index in [4.69, 9.17) is 9.47 Å². The van der Waals surface area contributed by atoms with E-state index in [1.165, 1.54) is 12.1 Å². The van der Waals surface area contributed by atoms with E-state index in [9.17, 15) is 9.18 Å². The standard InChI is InChI=1S/C22H22FN3O3/c1-3-28-19-10-5-14(11-20(19)29-4-2)17-12-21(27)25-22-18(17)13-24-26(22)16-8-6-15(23)7-9-16/h5-11,13,17H,3-4,12H2,1-2H3,(H,25,27). The Bertz CT molecular complexity index is 1030. The Kier molecular flexibility index (Phi) is 5.20. The molecule has 2 heterocycles. The van der Waals surface area contributed by atoms with Gasteiger partial charge in [0.05, 0.1) is 25.1 Å². The second-order valence-electron chi connectivity index (χ2n) is 6.71. The Morgan fingerprint density at radius 3 is 2.55 bits per heavy atom. The molecule has 6 nitrogen and oxygen atoms in total. The third kappa shape index (κ3) is 3.68. The minimum absolute atomic E-state index is 0.0989. The van der Waals surface area contributed by atoms with Crippen molar-refractivity contribution in [3.8, 4) is 17.2 Å². The molecule has 0 saturated heterocycles. The number of hydrogen-bond donors (Lipinski definition) is 1. The predicted octanol–water partition coefficient (Wildman–Crippen LogP) is 4.28. The molecule has 0 fully saturated rings. The Morgan fingerprint density at radius 2 is 1.83 bits per heavy atom. The molecule has 3 aromatic rings. The highest BCUT2D eigenvalue weighted by Gasteiger charge is 2.31. The number of benzene rings is 2. The minimum atomic E-state index is -0.325. The van der Waals surface area contributed by atoms with E-state index in [-0.39, 0.29) is 17.6 Å². The van der Waals surface area contributed by atoms with Crippen molar-refractivity contribution >= 4 is 11.7 Å². The van der Waals surface area contributed by atoms with Crippen LogP contribution in [0.25, 0.3) is 5.69 Å². The van der Waals surface area contributed by atoms with Crippen LogP contribution in [-0.2, 0) is 4.79 Å². The molecule has 0 radical (unpaired) electrons. The van der Waals surface area contributed by atoms with E-state index in [1.54, 1.807) is 23.0 Å². The Hall–Kier alpha value is -3.35.